The first-order valence-electron chi connectivity index (χ1n) is 9.53. The van der Waals surface area contributed by atoms with Gasteiger partial charge in [0.25, 0.3) is 0 Å². The number of phenolic OH excluding ortho intramolecular Hbond substituents is 1. The number of hydrogen-bond donors (Lipinski definition) is 3. The van der Waals surface area contributed by atoms with E-state index in [-0.39, 0.29) is 16.9 Å². The van der Waals surface area contributed by atoms with E-state index < -0.39 is 23.5 Å². The molecule has 0 saturated carbocycles. The zero-order valence-corrected chi connectivity index (χ0v) is 17.0. The van der Waals surface area contributed by atoms with Gasteiger partial charge in [-0.15, -0.1) is 0 Å². The number of carboxylic acids is 1. The molecule has 0 aliphatic carbocycles. The number of fused-ring (bicyclic) bond motifs is 1. The van der Waals surface area contributed by atoms with Crippen molar-refractivity contribution in [1.82, 2.24) is 4.57 Å². The normalized spacial score (nSPS) is 10.5. The smallest absolute Gasteiger partial charge is 0.338 e. The minimum absolute atomic E-state index is 0.0381. The lowest BCUT2D eigenvalue weighted by molar-refractivity contribution is 0.0697. The van der Waals surface area contributed by atoms with Crippen molar-refractivity contribution in [3.05, 3.63) is 101 Å². The molecule has 164 valence electrons. The number of carbonyl (C=O) groups excluding carboxylic acids is 1. The van der Waals surface area contributed by atoms with E-state index in [1.54, 1.807) is 19.1 Å². The lowest BCUT2D eigenvalue weighted by Gasteiger charge is -2.08. The third kappa shape index (κ3) is 4.75. The number of amides is 1. The number of aromatic hydroxyl groups is 1. The third-order valence-corrected chi connectivity index (χ3v) is 4.91. The Balaban J connectivity index is 0.000000222. The van der Waals surface area contributed by atoms with Crippen LogP contribution in [-0.2, 0) is 6.54 Å². The molecule has 6 nitrogen and oxygen atoms in total. The minimum atomic E-state index is -1.07. The molecule has 1 amide bonds. The van der Waals surface area contributed by atoms with Crippen LogP contribution in [0.1, 0.15) is 32.0 Å². The van der Waals surface area contributed by atoms with Crippen molar-refractivity contribution in [3.8, 4) is 5.75 Å². The summed E-state index contributed by atoms with van der Waals surface area (Å²) in [7, 11) is 0. The standard InChI is InChI=1S/C17H15NO3.C7H5F2NO/c1-11-16(17(20)21)14-9-13(19)7-8-15(14)18(11)10-12-5-3-2-4-6-12;8-5-2-1-4(7(10)11)3-6(5)9/h2-9,19H,10H2,1H3,(H,20,21);1-3H,(H2,10,11). The summed E-state index contributed by atoms with van der Waals surface area (Å²) in [6.45, 7) is 2.39. The predicted octanol–water partition coefficient (Wildman–Crippen LogP) is 4.47. The van der Waals surface area contributed by atoms with Crippen molar-refractivity contribution in [1.29, 1.82) is 0 Å². The second-order valence-electron chi connectivity index (χ2n) is 7.03. The Labute approximate surface area is 182 Å². The maximum Gasteiger partial charge on any atom is 0.338 e. The van der Waals surface area contributed by atoms with E-state index in [4.69, 9.17) is 5.73 Å². The molecule has 1 heterocycles. The first kappa shape index (κ1) is 22.5. The van der Waals surface area contributed by atoms with Gasteiger partial charge in [0.15, 0.2) is 11.6 Å². The summed E-state index contributed by atoms with van der Waals surface area (Å²) in [5.74, 6) is -3.74. The van der Waals surface area contributed by atoms with E-state index in [1.807, 2.05) is 34.9 Å². The summed E-state index contributed by atoms with van der Waals surface area (Å²) in [4.78, 5) is 21.9. The van der Waals surface area contributed by atoms with Gasteiger partial charge in [-0.05, 0) is 48.9 Å². The molecule has 0 radical (unpaired) electrons. The molecule has 1 aromatic heterocycles. The Bertz CT molecular complexity index is 1300. The Morgan fingerprint density at radius 3 is 2.25 bits per heavy atom. The Kier molecular flexibility index (Phi) is 6.53. The highest BCUT2D eigenvalue weighted by molar-refractivity contribution is 6.05. The van der Waals surface area contributed by atoms with Gasteiger partial charge in [-0.3, -0.25) is 4.79 Å². The van der Waals surface area contributed by atoms with E-state index in [0.717, 1.165) is 29.3 Å². The fourth-order valence-corrected chi connectivity index (χ4v) is 3.36. The average molecular weight is 438 g/mol. The minimum Gasteiger partial charge on any atom is -0.508 e. The van der Waals surface area contributed by atoms with Crippen molar-refractivity contribution in [3.63, 3.8) is 0 Å². The number of carbonyl (C=O) groups is 2. The summed E-state index contributed by atoms with van der Waals surface area (Å²) < 4.78 is 26.6. The Morgan fingerprint density at radius 1 is 0.969 bits per heavy atom. The number of phenols is 1. The molecule has 0 aliphatic rings. The highest BCUT2D eigenvalue weighted by Gasteiger charge is 2.19. The molecule has 0 spiro atoms. The molecule has 0 fully saturated rings. The first-order chi connectivity index (χ1) is 15.2. The van der Waals surface area contributed by atoms with Crippen LogP contribution in [0.25, 0.3) is 10.9 Å². The second kappa shape index (κ2) is 9.30. The molecular weight excluding hydrogens is 418 g/mol. The lowest BCUT2D eigenvalue weighted by atomic mass is 10.1. The van der Waals surface area contributed by atoms with Crippen LogP contribution >= 0.6 is 0 Å². The molecule has 32 heavy (non-hydrogen) atoms. The maximum absolute atomic E-state index is 12.4. The SMILES string of the molecule is Cc1c(C(=O)O)c2cc(O)ccc2n1Cc1ccccc1.NC(=O)c1ccc(F)c(F)c1. The molecule has 4 N–H and O–H groups in total. The molecule has 0 bridgehead atoms. The number of hydrogen-bond acceptors (Lipinski definition) is 3. The maximum atomic E-state index is 12.4. The molecular formula is C24H20F2N2O4. The van der Waals surface area contributed by atoms with Crippen LogP contribution in [0.2, 0.25) is 0 Å². The first-order valence-corrected chi connectivity index (χ1v) is 9.53. The van der Waals surface area contributed by atoms with Gasteiger partial charge in [0.05, 0.1) is 5.56 Å². The van der Waals surface area contributed by atoms with Crippen LogP contribution in [0.5, 0.6) is 5.75 Å². The van der Waals surface area contributed by atoms with Crippen LogP contribution < -0.4 is 5.73 Å². The van der Waals surface area contributed by atoms with Gasteiger partial charge in [-0.1, -0.05) is 30.3 Å². The molecule has 3 aromatic carbocycles. The number of aromatic nitrogens is 1. The van der Waals surface area contributed by atoms with Crippen molar-refractivity contribution < 1.29 is 28.6 Å². The number of benzene rings is 3. The molecule has 8 heteroatoms. The second-order valence-corrected chi connectivity index (χ2v) is 7.03. The molecule has 0 unspecified atom stereocenters. The number of carboxylic acid groups (broad SMARTS) is 1. The van der Waals surface area contributed by atoms with Crippen LogP contribution in [0.4, 0.5) is 8.78 Å². The van der Waals surface area contributed by atoms with Gasteiger partial charge < -0.3 is 20.5 Å². The van der Waals surface area contributed by atoms with Gasteiger partial charge in [-0.2, -0.15) is 0 Å². The summed E-state index contributed by atoms with van der Waals surface area (Å²) in [5.41, 5.74) is 7.61. The van der Waals surface area contributed by atoms with Gasteiger partial charge in [0.1, 0.15) is 5.75 Å². The van der Waals surface area contributed by atoms with Gasteiger partial charge in [0.2, 0.25) is 5.91 Å². The number of nitrogens with zero attached hydrogens (tertiary/aromatic N) is 1. The lowest BCUT2D eigenvalue weighted by Crippen LogP contribution is -2.11. The van der Waals surface area contributed by atoms with E-state index >= 15 is 0 Å². The molecule has 0 atom stereocenters. The Hall–Kier alpha value is -4.20. The number of nitrogens with two attached hydrogens (primary N) is 1. The largest absolute Gasteiger partial charge is 0.508 e. The van der Waals surface area contributed by atoms with Crippen LogP contribution in [0.3, 0.4) is 0 Å². The molecule has 0 saturated heterocycles. The van der Waals surface area contributed by atoms with Crippen molar-refractivity contribution in [2.24, 2.45) is 5.73 Å². The van der Waals surface area contributed by atoms with Gasteiger partial charge >= 0.3 is 5.97 Å². The van der Waals surface area contributed by atoms with Gasteiger partial charge in [0, 0.05) is 28.7 Å². The molecule has 4 rings (SSSR count). The number of rotatable bonds is 4. The number of primary amides is 1. The molecule has 0 aliphatic heterocycles. The van der Waals surface area contributed by atoms with Crippen LogP contribution in [-0.4, -0.2) is 26.7 Å². The zero-order chi connectivity index (χ0) is 23.4. The summed E-state index contributed by atoms with van der Waals surface area (Å²) in [6.07, 6.45) is 0. The van der Waals surface area contributed by atoms with Crippen molar-refractivity contribution >= 4 is 22.8 Å². The highest BCUT2D eigenvalue weighted by atomic mass is 19.2. The summed E-state index contributed by atoms with van der Waals surface area (Å²) in [5, 5.41) is 19.6. The number of aromatic carboxylic acids is 1. The predicted molar refractivity (Wildman–Crippen MR) is 116 cm³/mol. The van der Waals surface area contributed by atoms with E-state index in [9.17, 15) is 28.6 Å². The quantitative estimate of drug-likeness (QED) is 0.437. The molecule has 4 aromatic rings. The van der Waals surface area contributed by atoms with Crippen molar-refractivity contribution in [2.75, 3.05) is 0 Å². The number of halogens is 2. The van der Waals surface area contributed by atoms with E-state index in [0.29, 0.717) is 17.6 Å². The van der Waals surface area contributed by atoms with Crippen LogP contribution in [0, 0.1) is 18.6 Å². The van der Waals surface area contributed by atoms with Gasteiger partial charge in [-0.25, -0.2) is 13.6 Å². The zero-order valence-electron chi connectivity index (χ0n) is 17.0. The topological polar surface area (TPSA) is 106 Å². The third-order valence-electron chi connectivity index (χ3n) is 4.91. The van der Waals surface area contributed by atoms with E-state index in [2.05, 4.69) is 0 Å². The van der Waals surface area contributed by atoms with E-state index in [1.165, 1.54) is 6.07 Å². The summed E-state index contributed by atoms with van der Waals surface area (Å²) in [6, 6.07) is 17.5. The average Bonchev–Trinajstić information content (AvgIpc) is 3.02. The summed E-state index contributed by atoms with van der Waals surface area (Å²) >= 11 is 0. The van der Waals surface area contributed by atoms with Crippen LogP contribution in [0.15, 0.2) is 66.7 Å². The Morgan fingerprint density at radius 2 is 1.66 bits per heavy atom. The fourth-order valence-electron chi connectivity index (χ4n) is 3.36. The highest BCUT2D eigenvalue weighted by Crippen LogP contribution is 2.29. The fraction of sp³-hybridized carbons (Fsp3) is 0.0833. The van der Waals surface area contributed by atoms with Crippen molar-refractivity contribution in [2.45, 2.75) is 13.5 Å². The monoisotopic (exact) mass is 438 g/mol.